The lowest BCUT2D eigenvalue weighted by Crippen LogP contribution is -2.14. The molecule has 0 aliphatic heterocycles. The van der Waals surface area contributed by atoms with Crippen LogP contribution in [0.1, 0.15) is 32.6 Å². The quantitative estimate of drug-likeness (QED) is 0.883. The Morgan fingerprint density at radius 3 is 2.24 bits per heavy atom. The van der Waals surface area contributed by atoms with E-state index in [4.69, 9.17) is 5.73 Å². The van der Waals surface area contributed by atoms with Crippen molar-refractivity contribution in [2.24, 2.45) is 5.73 Å². The third kappa shape index (κ3) is 3.15. The van der Waals surface area contributed by atoms with Gasteiger partial charge in [0, 0.05) is 17.4 Å². The largest absolute Gasteiger partial charge is 0.326 e. The van der Waals surface area contributed by atoms with Crippen LogP contribution >= 0.6 is 7.80 Å². The molecule has 1 unspecified atom stereocenters. The first-order chi connectivity index (χ1) is 9.95. The molecule has 0 spiro atoms. The maximum Gasteiger partial charge on any atom is 0.223 e. The topological polar surface area (TPSA) is 60.2 Å². The Morgan fingerprint density at radius 1 is 1.10 bits per heavy atom. The number of hydrogen-bond donors (Lipinski definition) is 1. The van der Waals surface area contributed by atoms with Crippen molar-refractivity contribution in [2.45, 2.75) is 27.3 Å². The van der Waals surface area contributed by atoms with Crippen LogP contribution in [-0.4, -0.2) is 5.52 Å². The van der Waals surface area contributed by atoms with E-state index in [1.807, 2.05) is 45.0 Å². The first-order valence-corrected chi connectivity index (χ1v) is 8.31. The molecule has 0 radical (unpaired) electrons. The average Bonchev–Trinajstić information content (AvgIpc) is 2.45. The van der Waals surface area contributed by atoms with Gasteiger partial charge in [-0.1, -0.05) is 42.0 Å². The Bertz CT molecular complexity index is 699. The van der Waals surface area contributed by atoms with Gasteiger partial charge in [0.1, 0.15) is 0 Å². The molecule has 0 amide bonds. The van der Waals surface area contributed by atoms with Crippen molar-refractivity contribution in [3.8, 4) is 0 Å². The third-order valence-electron chi connectivity index (χ3n) is 3.59. The molecule has 0 heterocycles. The summed E-state index contributed by atoms with van der Waals surface area (Å²) in [6, 6.07) is 11.1. The van der Waals surface area contributed by atoms with E-state index >= 15 is 0 Å². The van der Waals surface area contributed by atoms with Gasteiger partial charge in [-0.2, -0.15) is 0 Å². The Kier molecular flexibility index (Phi) is 4.76. The molecule has 0 aliphatic rings. The summed E-state index contributed by atoms with van der Waals surface area (Å²) in [5.41, 5.74) is 9.60. The Labute approximate surface area is 126 Å². The average molecular weight is 301 g/mol. The molecule has 2 aromatic rings. The van der Waals surface area contributed by atoms with E-state index in [1.165, 1.54) is 0 Å². The highest BCUT2D eigenvalue weighted by atomic mass is 31.1. The minimum atomic E-state index is -2.56. The second-order valence-electron chi connectivity index (χ2n) is 5.29. The zero-order chi connectivity index (χ0) is 15.6. The van der Waals surface area contributed by atoms with Crippen LogP contribution < -0.4 is 11.0 Å². The summed E-state index contributed by atoms with van der Waals surface area (Å²) in [5, 5.41) is 0.578. The molecule has 0 bridgehead atoms. The first kappa shape index (κ1) is 15.7. The van der Waals surface area contributed by atoms with Gasteiger partial charge in [0.15, 0.2) is 7.80 Å². The SMILES string of the molecule is Cc1cc(C)c(C(=O)[PH](=O)c2ccccc2CN)c(C)c1. The zero-order valence-electron chi connectivity index (χ0n) is 12.6. The lowest BCUT2D eigenvalue weighted by atomic mass is 10.0. The maximum absolute atomic E-state index is 12.7. The lowest BCUT2D eigenvalue weighted by molar-refractivity contribution is 0.107. The summed E-state index contributed by atoms with van der Waals surface area (Å²) in [5.74, 6) is 0. The van der Waals surface area contributed by atoms with Crippen molar-refractivity contribution in [2.75, 3.05) is 0 Å². The van der Waals surface area contributed by atoms with Crippen LogP contribution in [0.15, 0.2) is 36.4 Å². The molecule has 3 nitrogen and oxygen atoms in total. The number of carbonyl (C=O) groups excluding carboxylic acids is 1. The van der Waals surface area contributed by atoms with Crippen LogP contribution in [0.3, 0.4) is 0 Å². The number of benzene rings is 2. The van der Waals surface area contributed by atoms with Crippen LogP contribution in [-0.2, 0) is 11.1 Å². The highest BCUT2D eigenvalue weighted by Gasteiger charge is 2.21. The summed E-state index contributed by atoms with van der Waals surface area (Å²) >= 11 is 0. The van der Waals surface area contributed by atoms with Gasteiger partial charge in [-0.15, -0.1) is 0 Å². The molecule has 2 aromatic carbocycles. The molecule has 2 N–H and O–H groups in total. The van der Waals surface area contributed by atoms with Crippen molar-refractivity contribution in [1.29, 1.82) is 0 Å². The number of carbonyl (C=O) groups is 1. The zero-order valence-corrected chi connectivity index (χ0v) is 13.6. The van der Waals surface area contributed by atoms with Crippen molar-refractivity contribution in [1.82, 2.24) is 0 Å². The fraction of sp³-hybridized carbons (Fsp3) is 0.235. The number of rotatable bonds is 4. The predicted molar refractivity (Wildman–Crippen MR) is 88.0 cm³/mol. The molecule has 0 aliphatic carbocycles. The Balaban J connectivity index is 2.48. The molecule has 4 heteroatoms. The van der Waals surface area contributed by atoms with E-state index in [0.29, 0.717) is 10.9 Å². The van der Waals surface area contributed by atoms with Gasteiger partial charge in [-0.3, -0.25) is 4.79 Å². The normalized spacial score (nSPS) is 12.2. The van der Waals surface area contributed by atoms with E-state index in [9.17, 15) is 9.36 Å². The smallest absolute Gasteiger partial charge is 0.223 e. The molecule has 2 rings (SSSR count). The summed E-state index contributed by atoms with van der Waals surface area (Å²) in [6.07, 6.45) is 0. The first-order valence-electron chi connectivity index (χ1n) is 6.90. The van der Waals surface area contributed by atoms with Crippen LogP contribution in [0.5, 0.6) is 0 Å². The van der Waals surface area contributed by atoms with Gasteiger partial charge in [0.25, 0.3) is 0 Å². The third-order valence-corrected chi connectivity index (χ3v) is 5.23. The predicted octanol–water partition coefficient (Wildman–Crippen LogP) is 3.10. The Morgan fingerprint density at radius 2 is 1.67 bits per heavy atom. The van der Waals surface area contributed by atoms with Gasteiger partial charge in [0.2, 0.25) is 5.52 Å². The summed E-state index contributed by atoms with van der Waals surface area (Å²) in [4.78, 5) is 12.7. The van der Waals surface area contributed by atoms with E-state index in [1.54, 1.807) is 12.1 Å². The molecule has 1 atom stereocenters. The molecular formula is C17H20NO2P. The van der Waals surface area contributed by atoms with Crippen LogP contribution in [0.4, 0.5) is 0 Å². The van der Waals surface area contributed by atoms with Gasteiger partial charge in [0.05, 0.1) is 0 Å². The van der Waals surface area contributed by atoms with Gasteiger partial charge in [-0.05, 0) is 37.5 Å². The number of hydrogen-bond acceptors (Lipinski definition) is 3. The minimum Gasteiger partial charge on any atom is -0.326 e. The highest BCUT2D eigenvalue weighted by Crippen LogP contribution is 2.31. The second-order valence-corrected chi connectivity index (χ2v) is 6.94. The monoisotopic (exact) mass is 301 g/mol. The second kappa shape index (κ2) is 6.38. The lowest BCUT2D eigenvalue weighted by Gasteiger charge is -2.12. The molecule has 0 aromatic heterocycles. The van der Waals surface area contributed by atoms with E-state index in [0.717, 1.165) is 22.3 Å². The van der Waals surface area contributed by atoms with Crippen molar-refractivity contribution in [3.05, 3.63) is 64.2 Å². The Hall–Kier alpha value is -1.70. The van der Waals surface area contributed by atoms with Crippen LogP contribution in [0.25, 0.3) is 0 Å². The fourth-order valence-electron chi connectivity index (χ4n) is 2.69. The summed E-state index contributed by atoms with van der Waals surface area (Å²) in [6.45, 7) is 6.04. The number of aryl methyl sites for hydroxylation is 3. The molecule has 0 saturated carbocycles. The van der Waals surface area contributed by atoms with E-state index < -0.39 is 7.80 Å². The molecular weight excluding hydrogens is 281 g/mol. The van der Waals surface area contributed by atoms with Crippen molar-refractivity contribution in [3.63, 3.8) is 0 Å². The van der Waals surface area contributed by atoms with Gasteiger partial charge in [-0.25, -0.2) is 0 Å². The fourth-order valence-corrected chi connectivity index (χ4v) is 4.28. The van der Waals surface area contributed by atoms with E-state index in [2.05, 4.69) is 0 Å². The summed E-state index contributed by atoms with van der Waals surface area (Å²) < 4.78 is 12.7. The van der Waals surface area contributed by atoms with E-state index in [-0.39, 0.29) is 12.1 Å². The minimum absolute atomic E-state index is 0.282. The maximum atomic E-state index is 12.7. The molecule has 0 fully saturated rings. The molecule has 21 heavy (non-hydrogen) atoms. The van der Waals surface area contributed by atoms with Crippen molar-refractivity contribution < 1.29 is 9.36 Å². The highest BCUT2D eigenvalue weighted by molar-refractivity contribution is 7.71. The number of nitrogens with two attached hydrogens (primary N) is 1. The van der Waals surface area contributed by atoms with Crippen molar-refractivity contribution >= 4 is 18.6 Å². The van der Waals surface area contributed by atoms with Gasteiger partial charge < -0.3 is 10.3 Å². The summed E-state index contributed by atoms with van der Waals surface area (Å²) in [7, 11) is -2.56. The standard InChI is InChI=1S/C17H20NO2P/c1-11-8-12(2)16(13(3)9-11)17(19)21(20)15-7-5-4-6-14(15)10-18/h4-9,21H,10,18H2,1-3H3. The molecule has 110 valence electrons. The van der Waals surface area contributed by atoms with Gasteiger partial charge >= 0.3 is 0 Å². The molecule has 0 saturated heterocycles. The van der Waals surface area contributed by atoms with Crippen LogP contribution in [0, 0.1) is 20.8 Å². The van der Waals surface area contributed by atoms with Crippen LogP contribution in [0.2, 0.25) is 0 Å².